The van der Waals surface area contributed by atoms with Gasteiger partial charge in [-0.3, -0.25) is 9.59 Å². The molecule has 2 unspecified atom stereocenters. The molecule has 0 aliphatic heterocycles. The number of esters is 1. The second-order valence-electron chi connectivity index (χ2n) is 18.6. The molecular formula is C56H105NO5. The third-order valence-corrected chi connectivity index (χ3v) is 12.4. The Labute approximate surface area is 385 Å². The van der Waals surface area contributed by atoms with Gasteiger partial charge in [0.1, 0.15) is 0 Å². The summed E-state index contributed by atoms with van der Waals surface area (Å²) in [4.78, 5) is 24.5. The highest BCUT2D eigenvalue weighted by Crippen LogP contribution is 2.16. The smallest absolute Gasteiger partial charge is 0.305 e. The Hall–Kier alpha value is -1.92. The Morgan fingerprint density at radius 2 is 0.806 bits per heavy atom. The van der Waals surface area contributed by atoms with E-state index in [9.17, 15) is 19.8 Å². The summed E-state index contributed by atoms with van der Waals surface area (Å²) in [6.45, 7) is 4.84. The summed E-state index contributed by atoms with van der Waals surface area (Å²) in [5.74, 6) is -0.119. The van der Waals surface area contributed by atoms with Crippen molar-refractivity contribution in [2.75, 3.05) is 13.2 Å². The minimum atomic E-state index is -0.860. The predicted octanol–water partition coefficient (Wildman–Crippen LogP) is 16.5. The molecule has 0 aromatic rings. The van der Waals surface area contributed by atoms with Crippen LogP contribution in [-0.4, -0.2) is 47.4 Å². The van der Waals surface area contributed by atoms with Crippen molar-refractivity contribution in [3.05, 3.63) is 36.5 Å². The van der Waals surface area contributed by atoms with Gasteiger partial charge in [-0.05, 0) is 64.2 Å². The molecule has 0 saturated carbocycles. The van der Waals surface area contributed by atoms with Gasteiger partial charge >= 0.3 is 5.97 Å². The van der Waals surface area contributed by atoms with Gasteiger partial charge in [-0.25, -0.2) is 0 Å². The third kappa shape index (κ3) is 47.6. The van der Waals surface area contributed by atoms with E-state index in [1.165, 1.54) is 193 Å². The minimum Gasteiger partial charge on any atom is -0.466 e. The maximum atomic E-state index is 12.4. The molecule has 0 bridgehead atoms. The zero-order valence-electron chi connectivity index (χ0n) is 41.4. The Morgan fingerprint density at radius 1 is 0.452 bits per heavy atom. The normalized spacial score (nSPS) is 12.9. The highest BCUT2D eigenvalue weighted by Gasteiger charge is 2.18. The van der Waals surface area contributed by atoms with Crippen LogP contribution in [0.5, 0.6) is 0 Å². The van der Waals surface area contributed by atoms with Crippen LogP contribution in [-0.2, 0) is 14.3 Å². The average Bonchev–Trinajstić information content (AvgIpc) is 3.27. The van der Waals surface area contributed by atoms with Crippen molar-refractivity contribution < 1.29 is 24.5 Å². The molecular weight excluding hydrogens is 767 g/mol. The van der Waals surface area contributed by atoms with Gasteiger partial charge in [0.05, 0.1) is 25.4 Å². The SMILES string of the molecule is CCCCCC/C=C\C/C=C\CCCCCCCCCC(=O)OCCCCCCCCCCCCC(=O)NC(CO)C(O)/C=C/CCCCCCCCCCCCCCCCC. The molecule has 0 heterocycles. The van der Waals surface area contributed by atoms with Crippen molar-refractivity contribution in [2.45, 2.75) is 296 Å². The lowest BCUT2D eigenvalue weighted by Gasteiger charge is -2.20. The zero-order chi connectivity index (χ0) is 45.1. The zero-order valence-corrected chi connectivity index (χ0v) is 41.4. The van der Waals surface area contributed by atoms with E-state index in [4.69, 9.17) is 4.74 Å². The minimum absolute atomic E-state index is 0.0283. The van der Waals surface area contributed by atoms with Crippen LogP contribution in [0.2, 0.25) is 0 Å². The number of allylic oxidation sites excluding steroid dienone is 5. The molecule has 2 atom stereocenters. The lowest BCUT2D eigenvalue weighted by molar-refractivity contribution is -0.143. The fourth-order valence-corrected chi connectivity index (χ4v) is 8.19. The van der Waals surface area contributed by atoms with Gasteiger partial charge in [0, 0.05) is 12.8 Å². The number of amides is 1. The molecule has 0 fully saturated rings. The molecule has 0 saturated heterocycles. The lowest BCUT2D eigenvalue weighted by Crippen LogP contribution is -2.45. The number of nitrogens with one attached hydrogen (secondary N) is 1. The third-order valence-electron chi connectivity index (χ3n) is 12.4. The topological polar surface area (TPSA) is 95.9 Å². The van der Waals surface area contributed by atoms with E-state index in [-0.39, 0.29) is 18.5 Å². The number of carbonyl (C=O) groups is 2. The summed E-state index contributed by atoms with van der Waals surface area (Å²) in [5, 5.41) is 23.1. The summed E-state index contributed by atoms with van der Waals surface area (Å²) in [7, 11) is 0. The van der Waals surface area contributed by atoms with E-state index >= 15 is 0 Å². The number of hydrogen-bond donors (Lipinski definition) is 3. The maximum Gasteiger partial charge on any atom is 0.305 e. The van der Waals surface area contributed by atoms with E-state index in [0.717, 1.165) is 64.2 Å². The molecule has 3 N–H and O–H groups in total. The molecule has 0 aliphatic carbocycles. The summed E-state index contributed by atoms with van der Waals surface area (Å²) in [6.07, 6.45) is 62.9. The first-order valence-electron chi connectivity index (χ1n) is 27.3. The lowest BCUT2D eigenvalue weighted by atomic mass is 10.0. The molecule has 6 nitrogen and oxygen atoms in total. The molecule has 0 spiro atoms. The average molecular weight is 872 g/mol. The number of aliphatic hydroxyl groups is 2. The van der Waals surface area contributed by atoms with Gasteiger partial charge in [0.2, 0.25) is 5.91 Å². The van der Waals surface area contributed by atoms with Crippen LogP contribution in [0.4, 0.5) is 0 Å². The summed E-state index contributed by atoms with van der Waals surface area (Å²) in [6, 6.07) is -0.646. The quantitative estimate of drug-likeness (QED) is 0.0321. The molecule has 0 aromatic carbocycles. The van der Waals surface area contributed by atoms with Crippen molar-refractivity contribution in [3.63, 3.8) is 0 Å². The molecule has 0 rings (SSSR count). The Balaban J connectivity index is 3.51. The molecule has 0 aliphatic rings. The number of unbranched alkanes of at least 4 members (excludes halogenated alkanes) is 35. The predicted molar refractivity (Wildman–Crippen MR) is 269 cm³/mol. The number of aliphatic hydroxyl groups excluding tert-OH is 2. The van der Waals surface area contributed by atoms with Gasteiger partial charge in [-0.2, -0.15) is 0 Å². The van der Waals surface area contributed by atoms with Crippen LogP contribution in [0.15, 0.2) is 36.5 Å². The molecule has 0 aromatic heterocycles. The number of hydrogen-bond acceptors (Lipinski definition) is 5. The molecule has 1 amide bonds. The van der Waals surface area contributed by atoms with Gasteiger partial charge in [-0.1, -0.05) is 243 Å². The standard InChI is InChI=1S/C56H105NO5/c1-3-5-7-9-11-13-15-17-19-21-23-25-27-29-34-38-42-46-50-56(61)62-51-47-43-39-35-31-30-33-37-41-45-49-55(60)57-53(52-58)54(59)48-44-40-36-32-28-26-24-22-20-18-16-14-12-10-8-6-4-2/h13,15,19,21,44,48,53-54,58-59H,3-12,14,16-18,20,22-43,45-47,49-52H2,1-2H3,(H,57,60)/b15-13-,21-19-,48-44+. The van der Waals surface area contributed by atoms with Crippen molar-refractivity contribution >= 4 is 11.9 Å². The van der Waals surface area contributed by atoms with E-state index < -0.39 is 12.1 Å². The number of rotatable bonds is 50. The van der Waals surface area contributed by atoms with Crippen molar-refractivity contribution in [1.29, 1.82) is 0 Å². The molecule has 62 heavy (non-hydrogen) atoms. The van der Waals surface area contributed by atoms with Crippen LogP contribution in [0, 0.1) is 0 Å². The molecule has 364 valence electrons. The van der Waals surface area contributed by atoms with Crippen LogP contribution < -0.4 is 5.32 Å². The van der Waals surface area contributed by atoms with Gasteiger partial charge < -0.3 is 20.3 Å². The second kappa shape index (κ2) is 51.7. The fourth-order valence-electron chi connectivity index (χ4n) is 8.19. The van der Waals surface area contributed by atoms with Crippen molar-refractivity contribution in [2.24, 2.45) is 0 Å². The fraction of sp³-hybridized carbons (Fsp3) is 0.857. The first kappa shape index (κ1) is 60.1. The maximum absolute atomic E-state index is 12.4. The monoisotopic (exact) mass is 872 g/mol. The van der Waals surface area contributed by atoms with Crippen LogP contribution in [0.1, 0.15) is 284 Å². The Morgan fingerprint density at radius 3 is 1.24 bits per heavy atom. The number of carbonyl (C=O) groups excluding carboxylic acids is 2. The van der Waals surface area contributed by atoms with Crippen molar-refractivity contribution in [3.8, 4) is 0 Å². The molecule has 0 radical (unpaired) electrons. The van der Waals surface area contributed by atoms with Crippen LogP contribution in [0.25, 0.3) is 0 Å². The Bertz CT molecular complexity index is 1010. The van der Waals surface area contributed by atoms with Crippen LogP contribution in [0.3, 0.4) is 0 Å². The van der Waals surface area contributed by atoms with Gasteiger partial charge in [0.15, 0.2) is 0 Å². The molecule has 6 heteroatoms. The summed E-state index contributed by atoms with van der Waals surface area (Å²) >= 11 is 0. The first-order valence-corrected chi connectivity index (χ1v) is 27.3. The summed E-state index contributed by atoms with van der Waals surface area (Å²) in [5.41, 5.74) is 0. The number of ether oxygens (including phenoxy) is 1. The largest absolute Gasteiger partial charge is 0.466 e. The van der Waals surface area contributed by atoms with E-state index in [0.29, 0.717) is 19.4 Å². The second-order valence-corrected chi connectivity index (χ2v) is 18.6. The van der Waals surface area contributed by atoms with Gasteiger partial charge in [-0.15, -0.1) is 0 Å². The van der Waals surface area contributed by atoms with E-state index in [2.05, 4.69) is 43.5 Å². The van der Waals surface area contributed by atoms with Gasteiger partial charge in [0.25, 0.3) is 0 Å². The Kier molecular flexibility index (Phi) is 50.1. The van der Waals surface area contributed by atoms with E-state index in [1.54, 1.807) is 6.08 Å². The van der Waals surface area contributed by atoms with Crippen molar-refractivity contribution in [1.82, 2.24) is 5.32 Å². The highest BCUT2D eigenvalue weighted by molar-refractivity contribution is 5.76. The van der Waals surface area contributed by atoms with E-state index in [1.807, 2.05) is 6.08 Å². The first-order chi connectivity index (χ1) is 30.5. The van der Waals surface area contributed by atoms with Crippen LogP contribution >= 0.6 is 0 Å². The highest BCUT2D eigenvalue weighted by atomic mass is 16.5. The summed E-state index contributed by atoms with van der Waals surface area (Å²) < 4.78 is 5.46.